The van der Waals surface area contributed by atoms with Crippen LogP contribution in [-0.4, -0.2) is 35.9 Å². The molecule has 0 amide bonds. The highest BCUT2D eigenvalue weighted by molar-refractivity contribution is 7.93. The second-order valence-corrected chi connectivity index (χ2v) is 5.77. The predicted octanol–water partition coefficient (Wildman–Crippen LogP) is 3.42. The summed E-state index contributed by atoms with van der Waals surface area (Å²) in [5.41, 5.74) is 0. The highest BCUT2D eigenvalue weighted by Crippen LogP contribution is 2.24. The molecular weight excluding hydrogens is 282 g/mol. The quantitative estimate of drug-likeness (QED) is 0.594. The lowest BCUT2D eigenvalue weighted by Crippen LogP contribution is -2.34. The Labute approximate surface area is 124 Å². The van der Waals surface area contributed by atoms with Crippen molar-refractivity contribution in [2.45, 2.75) is 25.7 Å². The van der Waals surface area contributed by atoms with Gasteiger partial charge in [-0.05, 0) is 43.6 Å². The molecule has 0 aromatic carbocycles. The SMILES string of the molecule is CSOCCCC1CCN(c2ncc(Cl)cn2)CC1. The van der Waals surface area contributed by atoms with Crippen LogP contribution in [-0.2, 0) is 4.18 Å². The molecule has 1 aliphatic rings. The third kappa shape index (κ3) is 4.82. The van der Waals surface area contributed by atoms with Crippen LogP contribution in [0.15, 0.2) is 12.4 Å². The average Bonchev–Trinajstić information content (AvgIpc) is 2.45. The van der Waals surface area contributed by atoms with Gasteiger partial charge in [-0.15, -0.1) is 0 Å². The van der Waals surface area contributed by atoms with Crippen LogP contribution in [0.3, 0.4) is 0 Å². The molecule has 0 saturated carbocycles. The van der Waals surface area contributed by atoms with Gasteiger partial charge in [-0.1, -0.05) is 11.6 Å². The first kappa shape index (κ1) is 14.9. The van der Waals surface area contributed by atoms with Gasteiger partial charge in [0.15, 0.2) is 0 Å². The number of piperidine rings is 1. The number of aromatic nitrogens is 2. The topological polar surface area (TPSA) is 38.2 Å². The van der Waals surface area contributed by atoms with E-state index in [4.69, 9.17) is 15.8 Å². The van der Waals surface area contributed by atoms with E-state index >= 15 is 0 Å². The van der Waals surface area contributed by atoms with Crippen LogP contribution in [0.5, 0.6) is 0 Å². The van der Waals surface area contributed by atoms with Crippen molar-refractivity contribution < 1.29 is 4.18 Å². The molecule has 2 heterocycles. The number of rotatable bonds is 6. The number of anilines is 1. The fourth-order valence-electron chi connectivity index (χ4n) is 2.40. The van der Waals surface area contributed by atoms with Gasteiger partial charge in [0.1, 0.15) is 0 Å². The van der Waals surface area contributed by atoms with E-state index < -0.39 is 0 Å². The second-order valence-electron chi connectivity index (χ2n) is 4.76. The van der Waals surface area contributed by atoms with Gasteiger partial charge in [-0.2, -0.15) is 0 Å². The lowest BCUT2D eigenvalue weighted by Gasteiger charge is -2.31. The maximum absolute atomic E-state index is 5.80. The first-order valence-electron chi connectivity index (χ1n) is 6.67. The van der Waals surface area contributed by atoms with E-state index in [-0.39, 0.29) is 0 Å². The minimum Gasteiger partial charge on any atom is -0.341 e. The van der Waals surface area contributed by atoms with E-state index in [9.17, 15) is 0 Å². The van der Waals surface area contributed by atoms with Crippen LogP contribution >= 0.6 is 23.6 Å². The standard InChI is InChI=1S/C13H20ClN3OS/c1-19-18-8-2-3-11-4-6-17(7-5-11)13-15-9-12(14)10-16-13/h9-11H,2-8H2,1H3. The lowest BCUT2D eigenvalue weighted by molar-refractivity contribution is 0.311. The largest absolute Gasteiger partial charge is 0.341 e. The molecular formula is C13H20ClN3OS. The molecule has 1 aromatic heterocycles. The molecule has 1 aliphatic heterocycles. The molecule has 6 heteroatoms. The molecule has 0 aliphatic carbocycles. The Morgan fingerprint density at radius 1 is 1.37 bits per heavy atom. The first-order chi connectivity index (χ1) is 9.29. The monoisotopic (exact) mass is 301 g/mol. The van der Waals surface area contributed by atoms with Crippen LogP contribution in [0.25, 0.3) is 0 Å². The minimum atomic E-state index is 0.590. The van der Waals surface area contributed by atoms with Gasteiger partial charge in [0.2, 0.25) is 5.95 Å². The number of nitrogens with zero attached hydrogens (tertiary/aromatic N) is 3. The van der Waals surface area contributed by atoms with Crippen LogP contribution in [0.1, 0.15) is 25.7 Å². The van der Waals surface area contributed by atoms with Gasteiger partial charge in [-0.3, -0.25) is 0 Å². The fourth-order valence-corrected chi connectivity index (χ4v) is 2.79. The molecule has 0 unspecified atom stereocenters. The van der Waals surface area contributed by atoms with Crippen molar-refractivity contribution in [3.8, 4) is 0 Å². The van der Waals surface area contributed by atoms with E-state index in [0.29, 0.717) is 5.02 Å². The van der Waals surface area contributed by atoms with E-state index in [1.54, 1.807) is 12.4 Å². The summed E-state index contributed by atoms with van der Waals surface area (Å²) in [5.74, 6) is 1.61. The lowest BCUT2D eigenvalue weighted by atomic mass is 9.92. The second kappa shape index (κ2) is 7.92. The maximum Gasteiger partial charge on any atom is 0.225 e. The zero-order chi connectivity index (χ0) is 13.5. The molecule has 0 N–H and O–H groups in total. The molecule has 106 valence electrons. The first-order valence-corrected chi connectivity index (χ1v) is 8.20. The Morgan fingerprint density at radius 2 is 2.05 bits per heavy atom. The van der Waals surface area contributed by atoms with E-state index in [2.05, 4.69) is 14.9 Å². The Bertz CT molecular complexity index is 369. The normalized spacial score (nSPS) is 16.8. The van der Waals surface area contributed by atoms with Crippen molar-refractivity contribution in [3.05, 3.63) is 17.4 Å². The van der Waals surface area contributed by atoms with Crippen LogP contribution in [0, 0.1) is 5.92 Å². The van der Waals surface area contributed by atoms with Gasteiger partial charge in [0.25, 0.3) is 0 Å². The van der Waals surface area contributed by atoms with Gasteiger partial charge >= 0.3 is 0 Å². The maximum atomic E-state index is 5.80. The highest BCUT2D eigenvalue weighted by atomic mass is 35.5. The average molecular weight is 302 g/mol. The van der Waals surface area contributed by atoms with E-state index in [1.165, 1.54) is 31.3 Å². The van der Waals surface area contributed by atoms with Gasteiger partial charge in [0.05, 0.1) is 24.0 Å². The summed E-state index contributed by atoms with van der Waals surface area (Å²) < 4.78 is 5.30. The van der Waals surface area contributed by atoms with Crippen LogP contribution in [0.4, 0.5) is 5.95 Å². The molecule has 19 heavy (non-hydrogen) atoms. The molecule has 1 saturated heterocycles. The van der Waals surface area contributed by atoms with Crippen molar-refractivity contribution in [1.29, 1.82) is 0 Å². The van der Waals surface area contributed by atoms with Gasteiger partial charge in [0, 0.05) is 19.3 Å². The van der Waals surface area contributed by atoms with E-state index in [0.717, 1.165) is 38.0 Å². The third-order valence-electron chi connectivity index (χ3n) is 3.46. The Morgan fingerprint density at radius 3 is 2.68 bits per heavy atom. The number of halogens is 1. The summed E-state index contributed by atoms with van der Waals surface area (Å²) in [6.45, 7) is 2.94. The molecule has 0 bridgehead atoms. The molecule has 1 aromatic rings. The molecule has 0 spiro atoms. The summed E-state index contributed by atoms with van der Waals surface area (Å²) in [5, 5.41) is 0.590. The predicted molar refractivity (Wildman–Crippen MR) is 80.7 cm³/mol. The zero-order valence-electron chi connectivity index (χ0n) is 11.2. The minimum absolute atomic E-state index is 0.590. The summed E-state index contributed by atoms with van der Waals surface area (Å²) in [7, 11) is 0. The summed E-state index contributed by atoms with van der Waals surface area (Å²) in [6.07, 6.45) is 10.1. The van der Waals surface area contributed by atoms with Crippen molar-refractivity contribution in [3.63, 3.8) is 0 Å². The molecule has 0 atom stereocenters. The van der Waals surface area contributed by atoms with Crippen molar-refractivity contribution in [2.24, 2.45) is 5.92 Å². The smallest absolute Gasteiger partial charge is 0.225 e. The van der Waals surface area contributed by atoms with Crippen molar-refractivity contribution >= 4 is 29.6 Å². The van der Waals surface area contributed by atoms with Crippen LogP contribution in [0.2, 0.25) is 5.02 Å². The summed E-state index contributed by atoms with van der Waals surface area (Å²) >= 11 is 7.25. The molecule has 2 rings (SSSR count). The third-order valence-corrected chi connectivity index (χ3v) is 4.06. The van der Waals surface area contributed by atoms with Gasteiger partial charge < -0.3 is 9.08 Å². The van der Waals surface area contributed by atoms with Gasteiger partial charge in [-0.25, -0.2) is 9.97 Å². The van der Waals surface area contributed by atoms with Crippen molar-refractivity contribution in [1.82, 2.24) is 9.97 Å². The number of hydrogen-bond acceptors (Lipinski definition) is 5. The Hall–Kier alpha value is -0.520. The summed E-state index contributed by atoms with van der Waals surface area (Å²) in [6, 6.07) is 0. The fraction of sp³-hybridized carbons (Fsp3) is 0.692. The van der Waals surface area contributed by atoms with E-state index in [1.807, 2.05) is 6.26 Å². The zero-order valence-corrected chi connectivity index (χ0v) is 12.8. The molecule has 0 radical (unpaired) electrons. The summed E-state index contributed by atoms with van der Waals surface area (Å²) in [4.78, 5) is 10.8. The highest BCUT2D eigenvalue weighted by Gasteiger charge is 2.20. The van der Waals surface area contributed by atoms with Crippen LogP contribution < -0.4 is 4.90 Å². The van der Waals surface area contributed by atoms with Crippen molar-refractivity contribution in [2.75, 3.05) is 30.9 Å². The molecule has 1 fully saturated rings. The Balaban J connectivity index is 1.71. The number of hydrogen-bond donors (Lipinski definition) is 0. The molecule has 4 nitrogen and oxygen atoms in total. The Kier molecular flexibility index (Phi) is 6.20.